The van der Waals surface area contributed by atoms with Crippen LogP contribution in [0.4, 0.5) is 11.4 Å². The molecule has 112 valence electrons. The van der Waals surface area contributed by atoms with E-state index in [9.17, 15) is 4.79 Å². The highest BCUT2D eigenvalue weighted by atomic mass is 35.5. The minimum Gasteiger partial charge on any atom is -0.478 e. The van der Waals surface area contributed by atoms with Crippen molar-refractivity contribution in [2.75, 3.05) is 9.84 Å². The average molecular weight is 325 g/mol. The highest BCUT2D eigenvalue weighted by Gasteiger charge is 2.10. The first-order chi connectivity index (χ1) is 10.1. The zero-order chi connectivity index (χ0) is 15.8. The summed E-state index contributed by atoms with van der Waals surface area (Å²) < 4.78 is 1.43. The normalized spacial score (nSPS) is 9.33. The zero-order valence-electron chi connectivity index (χ0n) is 11.7. The van der Waals surface area contributed by atoms with Crippen LogP contribution in [-0.2, 0) is 0 Å². The first kappa shape index (κ1) is 17.2. The van der Waals surface area contributed by atoms with Crippen LogP contribution < -0.4 is 9.84 Å². The summed E-state index contributed by atoms with van der Waals surface area (Å²) in [5.74, 6) is -0.999. The van der Waals surface area contributed by atoms with Crippen LogP contribution in [0.3, 0.4) is 0 Å². The van der Waals surface area contributed by atoms with Gasteiger partial charge in [-0.1, -0.05) is 37.6 Å². The summed E-state index contributed by atoms with van der Waals surface area (Å²) in [5.41, 5.74) is 4.28. The van der Waals surface area contributed by atoms with Gasteiger partial charge in [0.1, 0.15) is 0 Å². The van der Waals surface area contributed by atoms with Crippen LogP contribution in [0.5, 0.6) is 0 Å². The Morgan fingerprint density at radius 3 is 2.29 bits per heavy atom. The Labute approximate surface area is 134 Å². The van der Waals surface area contributed by atoms with Crippen molar-refractivity contribution in [1.29, 1.82) is 0 Å². The molecule has 2 rings (SSSR count). The van der Waals surface area contributed by atoms with E-state index in [1.807, 2.05) is 13.8 Å². The number of hydrazine groups is 1. The van der Waals surface area contributed by atoms with Crippen LogP contribution in [-0.4, -0.2) is 11.1 Å². The predicted octanol–water partition coefficient (Wildman–Crippen LogP) is 4.74. The highest BCUT2D eigenvalue weighted by Crippen LogP contribution is 2.22. The van der Waals surface area contributed by atoms with Gasteiger partial charge in [-0.25, -0.2) is 9.21 Å². The quantitative estimate of drug-likeness (QED) is 0.561. The molecule has 2 aromatic rings. The number of para-hydroxylation sites is 1. The number of hydrogen-bond donors (Lipinski definition) is 3. The smallest absolute Gasteiger partial charge is 0.337 e. The number of aromatic carboxylic acids is 1. The number of carboxylic acid groups (broad SMARTS) is 1. The number of hydrogen-bond acceptors (Lipinski definition) is 4. The maximum Gasteiger partial charge on any atom is 0.337 e. The molecule has 0 aliphatic heterocycles. The van der Waals surface area contributed by atoms with Crippen molar-refractivity contribution in [3.05, 3.63) is 59.1 Å². The number of benzene rings is 2. The van der Waals surface area contributed by atoms with E-state index in [0.29, 0.717) is 10.7 Å². The van der Waals surface area contributed by atoms with Gasteiger partial charge in [-0.3, -0.25) is 5.43 Å². The molecule has 0 spiro atoms. The summed E-state index contributed by atoms with van der Waals surface area (Å²) in [5, 5.41) is 9.71. The lowest BCUT2D eigenvalue weighted by atomic mass is 10.2. The Bertz CT molecular complexity index is 590. The van der Waals surface area contributed by atoms with Crippen molar-refractivity contribution in [2.45, 2.75) is 13.8 Å². The van der Waals surface area contributed by atoms with Crippen molar-refractivity contribution in [3.8, 4) is 0 Å². The number of carbonyl (C=O) groups is 1. The van der Waals surface area contributed by atoms with E-state index in [-0.39, 0.29) is 5.56 Å². The fraction of sp³-hybridized carbons (Fsp3) is 0.133. The number of nitrogens with one attached hydrogen (secondary N) is 1. The van der Waals surface area contributed by atoms with Gasteiger partial charge in [0.2, 0.25) is 0 Å². The summed E-state index contributed by atoms with van der Waals surface area (Å²) in [4.78, 5) is 11.1. The molecule has 0 saturated carbocycles. The summed E-state index contributed by atoms with van der Waals surface area (Å²) in [6.07, 6.45) is 0. The molecule has 0 unspecified atom stereocenters. The molecule has 0 fully saturated rings. The SMILES string of the molecule is CC.O=C(O)c1ccccc1NN(S)c1ccc(Cl)cc1. The minimum atomic E-state index is -0.999. The van der Waals surface area contributed by atoms with E-state index in [1.54, 1.807) is 42.5 Å². The maximum atomic E-state index is 11.1. The highest BCUT2D eigenvalue weighted by molar-refractivity contribution is 7.81. The average Bonchev–Trinajstić information content (AvgIpc) is 2.50. The number of nitrogens with zero attached hydrogens (tertiary/aromatic N) is 1. The molecule has 0 bridgehead atoms. The van der Waals surface area contributed by atoms with Gasteiger partial charge in [-0.2, -0.15) is 0 Å². The summed E-state index contributed by atoms with van der Waals surface area (Å²) in [6, 6.07) is 13.6. The second-order valence-electron chi connectivity index (χ2n) is 3.75. The molecule has 0 atom stereocenters. The topological polar surface area (TPSA) is 52.6 Å². The third-order valence-electron chi connectivity index (χ3n) is 2.46. The number of carboxylic acids is 1. The lowest BCUT2D eigenvalue weighted by molar-refractivity contribution is 0.0698. The van der Waals surface area contributed by atoms with E-state index in [0.717, 1.165) is 5.69 Å². The Kier molecular flexibility index (Phi) is 6.91. The van der Waals surface area contributed by atoms with Crippen molar-refractivity contribution >= 4 is 41.8 Å². The Morgan fingerprint density at radius 1 is 1.14 bits per heavy atom. The molecular weight excluding hydrogens is 308 g/mol. The second-order valence-corrected chi connectivity index (χ2v) is 4.59. The molecule has 0 saturated heterocycles. The van der Waals surface area contributed by atoms with Crippen LogP contribution in [0, 0.1) is 0 Å². The second kappa shape index (κ2) is 8.44. The molecule has 0 aliphatic carbocycles. The number of halogens is 1. The monoisotopic (exact) mass is 324 g/mol. The maximum absolute atomic E-state index is 11.1. The third-order valence-corrected chi connectivity index (χ3v) is 3.04. The predicted molar refractivity (Wildman–Crippen MR) is 91.3 cm³/mol. The fourth-order valence-electron chi connectivity index (χ4n) is 1.53. The van der Waals surface area contributed by atoms with Crippen LogP contribution in [0.2, 0.25) is 5.02 Å². The van der Waals surface area contributed by atoms with Crippen molar-refractivity contribution in [2.24, 2.45) is 0 Å². The van der Waals surface area contributed by atoms with Crippen molar-refractivity contribution in [3.63, 3.8) is 0 Å². The van der Waals surface area contributed by atoms with Crippen molar-refractivity contribution < 1.29 is 9.90 Å². The lowest BCUT2D eigenvalue weighted by Gasteiger charge is -2.21. The van der Waals surface area contributed by atoms with E-state index in [4.69, 9.17) is 16.7 Å². The molecule has 2 N–H and O–H groups in total. The first-order valence-corrected chi connectivity index (χ1v) is 7.19. The fourth-order valence-corrected chi connectivity index (χ4v) is 1.90. The number of anilines is 2. The van der Waals surface area contributed by atoms with Gasteiger partial charge in [0.25, 0.3) is 0 Å². The van der Waals surface area contributed by atoms with Gasteiger partial charge in [0, 0.05) is 5.02 Å². The number of thiol groups is 1. The van der Waals surface area contributed by atoms with Crippen LogP contribution in [0.1, 0.15) is 24.2 Å². The van der Waals surface area contributed by atoms with Crippen LogP contribution >= 0.6 is 24.4 Å². The van der Waals surface area contributed by atoms with Gasteiger partial charge >= 0.3 is 5.97 Å². The van der Waals surface area contributed by atoms with Crippen LogP contribution in [0.25, 0.3) is 0 Å². The van der Waals surface area contributed by atoms with Gasteiger partial charge in [0.15, 0.2) is 0 Å². The molecule has 0 aliphatic rings. The summed E-state index contributed by atoms with van der Waals surface area (Å²) >= 11 is 10.1. The van der Waals surface area contributed by atoms with E-state index in [1.165, 1.54) is 10.5 Å². The standard InChI is InChI=1S/C13H11ClN2O2S.C2H6/c14-9-5-7-10(8-6-9)16(19)15-12-4-2-1-3-11(12)13(17)18;1-2/h1-8,15,19H,(H,17,18);1-2H3. The molecular formula is C15H17ClN2O2S. The molecule has 2 aromatic carbocycles. The number of rotatable bonds is 4. The molecule has 0 heterocycles. The van der Waals surface area contributed by atoms with Crippen molar-refractivity contribution in [1.82, 2.24) is 0 Å². The first-order valence-electron chi connectivity index (χ1n) is 6.41. The third kappa shape index (κ3) is 4.88. The van der Waals surface area contributed by atoms with Gasteiger partial charge < -0.3 is 5.11 Å². The lowest BCUT2D eigenvalue weighted by Crippen LogP contribution is -2.20. The van der Waals surface area contributed by atoms with Gasteiger partial charge in [0.05, 0.1) is 16.9 Å². The largest absolute Gasteiger partial charge is 0.478 e. The Balaban J connectivity index is 0.00000106. The molecule has 0 radical (unpaired) electrons. The zero-order valence-corrected chi connectivity index (χ0v) is 13.4. The molecule has 4 nitrogen and oxygen atoms in total. The van der Waals surface area contributed by atoms with E-state index < -0.39 is 5.97 Å². The minimum absolute atomic E-state index is 0.176. The Morgan fingerprint density at radius 2 is 1.71 bits per heavy atom. The van der Waals surface area contributed by atoms with Gasteiger partial charge in [-0.15, -0.1) is 0 Å². The van der Waals surface area contributed by atoms with E-state index in [2.05, 4.69) is 18.2 Å². The summed E-state index contributed by atoms with van der Waals surface area (Å²) in [7, 11) is 0. The molecule has 6 heteroatoms. The summed E-state index contributed by atoms with van der Waals surface area (Å²) in [6.45, 7) is 4.00. The molecule has 21 heavy (non-hydrogen) atoms. The molecule has 0 amide bonds. The van der Waals surface area contributed by atoms with E-state index >= 15 is 0 Å². The molecule has 0 aromatic heterocycles. The van der Waals surface area contributed by atoms with Gasteiger partial charge in [-0.05, 0) is 49.2 Å². The van der Waals surface area contributed by atoms with Crippen LogP contribution in [0.15, 0.2) is 48.5 Å². The Hall–Kier alpha value is -1.85.